The van der Waals surface area contributed by atoms with E-state index in [1.807, 2.05) is 14.0 Å². The van der Waals surface area contributed by atoms with E-state index in [2.05, 4.69) is 18.9 Å². The lowest BCUT2D eigenvalue weighted by Gasteiger charge is -2.20. The Balaban J connectivity index is 0.000000288. The van der Waals surface area contributed by atoms with Crippen LogP contribution in [0.3, 0.4) is 0 Å². The van der Waals surface area contributed by atoms with Crippen molar-refractivity contribution in [3.8, 4) is 0 Å². The van der Waals surface area contributed by atoms with Crippen molar-refractivity contribution in [2.75, 3.05) is 33.7 Å². The van der Waals surface area contributed by atoms with Gasteiger partial charge in [0, 0.05) is 20.0 Å². The van der Waals surface area contributed by atoms with E-state index in [0.29, 0.717) is 6.42 Å². The molecule has 0 aromatic carbocycles. The van der Waals surface area contributed by atoms with Gasteiger partial charge in [0.2, 0.25) is 5.91 Å². The minimum atomic E-state index is 0.233. The van der Waals surface area contributed by atoms with E-state index in [-0.39, 0.29) is 5.91 Å². The molecule has 1 aliphatic rings. The first-order valence-corrected chi connectivity index (χ1v) is 6.54. The van der Waals surface area contributed by atoms with Crippen molar-refractivity contribution in [3.63, 3.8) is 0 Å². The number of carbonyl (C=O) groups is 1. The fourth-order valence-corrected chi connectivity index (χ4v) is 1.78. The molecule has 0 aliphatic carbocycles. The largest absolute Gasteiger partial charge is 0.346 e. The van der Waals surface area contributed by atoms with Gasteiger partial charge in [-0.15, -0.1) is 0 Å². The molecule has 3 heteroatoms. The number of nitrogens with zero attached hydrogens (tertiary/aromatic N) is 2. The van der Waals surface area contributed by atoms with Gasteiger partial charge in [-0.1, -0.05) is 20.3 Å². The third-order valence-corrected chi connectivity index (χ3v) is 2.87. The van der Waals surface area contributed by atoms with Gasteiger partial charge in [-0.3, -0.25) is 4.79 Å². The zero-order valence-electron chi connectivity index (χ0n) is 11.5. The van der Waals surface area contributed by atoms with Gasteiger partial charge in [0.15, 0.2) is 0 Å². The highest BCUT2D eigenvalue weighted by Gasteiger charge is 2.02. The van der Waals surface area contributed by atoms with Gasteiger partial charge in [-0.25, -0.2) is 0 Å². The second-order valence-corrected chi connectivity index (χ2v) is 4.53. The van der Waals surface area contributed by atoms with Crippen LogP contribution in [0.25, 0.3) is 0 Å². The molecule has 1 fully saturated rings. The number of hydrogen-bond donors (Lipinski definition) is 0. The molecule has 3 nitrogen and oxygen atoms in total. The molecule has 0 N–H and O–H groups in total. The molecule has 1 saturated heterocycles. The van der Waals surface area contributed by atoms with E-state index in [4.69, 9.17) is 0 Å². The van der Waals surface area contributed by atoms with Gasteiger partial charge in [-0.05, 0) is 39.4 Å². The number of hydrogen-bond acceptors (Lipinski definition) is 2. The summed E-state index contributed by atoms with van der Waals surface area (Å²) >= 11 is 0. The molecule has 0 aromatic rings. The van der Waals surface area contributed by atoms with Gasteiger partial charge in [0.1, 0.15) is 0 Å². The topological polar surface area (TPSA) is 23.6 Å². The van der Waals surface area contributed by atoms with Crippen molar-refractivity contribution < 1.29 is 4.79 Å². The van der Waals surface area contributed by atoms with Gasteiger partial charge in [0.05, 0.1) is 0 Å². The summed E-state index contributed by atoms with van der Waals surface area (Å²) in [7, 11) is 4.04. The standard InChI is InChI=1S/C7H15NO.C6H13N/c1-4-6-8(3)7(9)5-2;1-7-5-3-2-4-6-7/h4-6H2,1-3H3;2-6H2,1H3. The zero-order chi connectivity index (χ0) is 12.4. The number of likely N-dealkylation sites (tertiary alicyclic amines) is 1. The van der Waals surface area contributed by atoms with Crippen LogP contribution in [0.1, 0.15) is 46.0 Å². The molecule has 1 heterocycles. The highest BCUT2D eigenvalue weighted by Crippen LogP contribution is 2.04. The lowest BCUT2D eigenvalue weighted by Crippen LogP contribution is -2.26. The second kappa shape index (κ2) is 9.64. The molecule has 1 amide bonds. The van der Waals surface area contributed by atoms with E-state index in [1.54, 1.807) is 4.90 Å². The molecule has 0 bridgehead atoms. The summed E-state index contributed by atoms with van der Waals surface area (Å²) in [4.78, 5) is 15.0. The average Bonchev–Trinajstić information content (AvgIpc) is 2.30. The Bertz CT molecular complexity index is 177. The smallest absolute Gasteiger partial charge is 0.222 e. The van der Waals surface area contributed by atoms with Gasteiger partial charge in [-0.2, -0.15) is 0 Å². The third kappa shape index (κ3) is 7.69. The van der Waals surface area contributed by atoms with Gasteiger partial charge < -0.3 is 9.80 Å². The van der Waals surface area contributed by atoms with Crippen LogP contribution in [0.4, 0.5) is 0 Å². The van der Waals surface area contributed by atoms with Crippen LogP contribution in [-0.2, 0) is 4.79 Å². The molecule has 16 heavy (non-hydrogen) atoms. The van der Waals surface area contributed by atoms with Crippen molar-refractivity contribution in [3.05, 3.63) is 0 Å². The van der Waals surface area contributed by atoms with Crippen molar-refractivity contribution in [2.24, 2.45) is 0 Å². The van der Waals surface area contributed by atoms with Gasteiger partial charge >= 0.3 is 0 Å². The Morgan fingerprint density at radius 3 is 2.06 bits per heavy atom. The Morgan fingerprint density at radius 1 is 1.19 bits per heavy atom. The van der Waals surface area contributed by atoms with Crippen LogP contribution in [0.15, 0.2) is 0 Å². The lowest BCUT2D eigenvalue weighted by atomic mass is 10.1. The zero-order valence-corrected chi connectivity index (χ0v) is 11.5. The first-order valence-electron chi connectivity index (χ1n) is 6.54. The van der Waals surface area contributed by atoms with E-state index in [1.165, 1.54) is 32.4 Å². The van der Waals surface area contributed by atoms with E-state index >= 15 is 0 Å². The second-order valence-electron chi connectivity index (χ2n) is 4.53. The molecular formula is C13H28N2O. The van der Waals surface area contributed by atoms with Crippen LogP contribution < -0.4 is 0 Å². The highest BCUT2D eigenvalue weighted by atomic mass is 16.2. The number of amides is 1. The molecule has 0 radical (unpaired) electrons. The number of carbonyl (C=O) groups excluding carboxylic acids is 1. The van der Waals surface area contributed by atoms with Crippen molar-refractivity contribution >= 4 is 5.91 Å². The molecule has 0 atom stereocenters. The summed E-state index contributed by atoms with van der Waals surface area (Å²) in [6, 6.07) is 0. The van der Waals surface area contributed by atoms with Crippen molar-refractivity contribution in [1.29, 1.82) is 0 Å². The third-order valence-electron chi connectivity index (χ3n) is 2.87. The Morgan fingerprint density at radius 2 is 1.75 bits per heavy atom. The molecule has 96 valence electrons. The quantitative estimate of drug-likeness (QED) is 0.740. The first kappa shape index (κ1) is 15.4. The maximum Gasteiger partial charge on any atom is 0.222 e. The van der Waals surface area contributed by atoms with Crippen molar-refractivity contribution in [1.82, 2.24) is 9.80 Å². The van der Waals surface area contributed by atoms with E-state index in [9.17, 15) is 4.79 Å². The maximum absolute atomic E-state index is 10.8. The predicted octanol–water partition coefficient (Wildman–Crippen LogP) is 2.37. The normalized spacial score (nSPS) is 16.2. The predicted molar refractivity (Wildman–Crippen MR) is 69.6 cm³/mol. The molecule has 0 aromatic heterocycles. The van der Waals surface area contributed by atoms with E-state index in [0.717, 1.165) is 13.0 Å². The van der Waals surface area contributed by atoms with Crippen molar-refractivity contribution in [2.45, 2.75) is 46.0 Å². The minimum absolute atomic E-state index is 0.233. The number of piperidine rings is 1. The van der Waals surface area contributed by atoms with Crippen LogP contribution in [0, 0.1) is 0 Å². The minimum Gasteiger partial charge on any atom is -0.346 e. The first-order chi connectivity index (χ1) is 7.61. The summed E-state index contributed by atoms with van der Waals surface area (Å²) in [6.45, 7) is 7.47. The molecule has 1 rings (SSSR count). The molecule has 0 spiro atoms. The maximum atomic E-state index is 10.8. The van der Waals surface area contributed by atoms with Crippen LogP contribution in [-0.4, -0.2) is 49.4 Å². The Labute approximate surface area is 101 Å². The summed E-state index contributed by atoms with van der Waals surface area (Å²) in [5.41, 5.74) is 0. The average molecular weight is 228 g/mol. The monoisotopic (exact) mass is 228 g/mol. The highest BCUT2D eigenvalue weighted by molar-refractivity contribution is 5.75. The lowest BCUT2D eigenvalue weighted by molar-refractivity contribution is -0.129. The molecule has 0 saturated carbocycles. The van der Waals surface area contributed by atoms with Crippen LogP contribution >= 0.6 is 0 Å². The van der Waals surface area contributed by atoms with Gasteiger partial charge in [0.25, 0.3) is 0 Å². The van der Waals surface area contributed by atoms with Crippen LogP contribution in [0.2, 0.25) is 0 Å². The summed E-state index contributed by atoms with van der Waals surface area (Å²) in [5.74, 6) is 0.233. The molecular weight excluding hydrogens is 200 g/mol. The van der Waals surface area contributed by atoms with Crippen LogP contribution in [0.5, 0.6) is 0 Å². The fourth-order valence-electron chi connectivity index (χ4n) is 1.78. The Kier molecular flexibility index (Phi) is 9.30. The summed E-state index contributed by atoms with van der Waals surface area (Å²) < 4.78 is 0. The Hall–Kier alpha value is -0.570. The summed E-state index contributed by atoms with van der Waals surface area (Å²) in [5, 5.41) is 0. The van der Waals surface area contributed by atoms with E-state index < -0.39 is 0 Å². The number of rotatable bonds is 3. The molecule has 1 aliphatic heterocycles. The molecule has 0 unspecified atom stereocenters. The SMILES string of the molecule is CCCN(C)C(=O)CC.CN1CCCCC1. The summed E-state index contributed by atoms with van der Waals surface area (Å²) in [6.07, 6.45) is 5.94. The fraction of sp³-hybridized carbons (Fsp3) is 0.923.